The highest BCUT2D eigenvalue weighted by Gasteiger charge is 2.31. The number of hydrogen-bond acceptors (Lipinski definition) is 2. The number of thiocarbonyl (C=S) groups is 1. The summed E-state index contributed by atoms with van der Waals surface area (Å²) in [6.45, 7) is 3.28. The molecule has 0 spiro atoms. The first kappa shape index (κ1) is 14.2. The molecule has 0 unspecified atom stereocenters. The number of nitrogens with two attached hydrogens (primary N) is 1. The molecule has 0 saturated carbocycles. The molecule has 0 aromatic heterocycles. The predicted molar refractivity (Wildman–Crippen MR) is 75.7 cm³/mol. The van der Waals surface area contributed by atoms with Crippen molar-refractivity contribution in [3.05, 3.63) is 28.2 Å². The fourth-order valence-corrected chi connectivity index (χ4v) is 1.41. The molecule has 1 amide bonds. The molecule has 3 N–H and O–H groups in total. The Balaban J connectivity index is 2.96. The zero-order valence-corrected chi connectivity index (χ0v) is 11.7. The third-order valence-electron chi connectivity index (χ3n) is 2.36. The zero-order valence-electron chi connectivity index (χ0n) is 9.38. The first-order chi connectivity index (χ1) is 7.75. The summed E-state index contributed by atoms with van der Waals surface area (Å²) < 4.78 is 0. The maximum absolute atomic E-state index is 12.0. The van der Waals surface area contributed by atoms with Crippen molar-refractivity contribution < 1.29 is 4.79 Å². The molecule has 0 bridgehead atoms. The van der Waals surface area contributed by atoms with Gasteiger partial charge >= 0.3 is 0 Å². The maximum Gasteiger partial charge on any atom is 0.236 e. The topological polar surface area (TPSA) is 55.1 Å². The summed E-state index contributed by atoms with van der Waals surface area (Å²) in [5.74, 6) is -0.325. The molecule has 1 aromatic carbocycles. The van der Waals surface area contributed by atoms with E-state index < -0.39 is 5.41 Å². The Morgan fingerprint density at radius 1 is 1.41 bits per heavy atom. The second-order valence-corrected chi connectivity index (χ2v) is 5.35. The van der Waals surface area contributed by atoms with Crippen LogP contribution in [0.25, 0.3) is 0 Å². The van der Waals surface area contributed by atoms with Crippen LogP contribution in [0.15, 0.2) is 18.2 Å². The summed E-state index contributed by atoms with van der Waals surface area (Å²) in [5, 5.41) is 3.54. The van der Waals surface area contributed by atoms with Gasteiger partial charge < -0.3 is 11.1 Å². The van der Waals surface area contributed by atoms with Crippen molar-refractivity contribution in [2.45, 2.75) is 13.8 Å². The third kappa shape index (κ3) is 3.31. The summed E-state index contributed by atoms with van der Waals surface area (Å²) in [6.07, 6.45) is 0. The van der Waals surface area contributed by atoms with Crippen LogP contribution >= 0.6 is 35.4 Å². The van der Waals surface area contributed by atoms with E-state index in [9.17, 15) is 4.79 Å². The second-order valence-electron chi connectivity index (χ2n) is 4.07. The highest BCUT2D eigenvalue weighted by Crippen LogP contribution is 2.27. The molecule has 0 saturated heterocycles. The lowest BCUT2D eigenvalue weighted by Crippen LogP contribution is -2.41. The number of hydrogen-bond donors (Lipinski definition) is 2. The van der Waals surface area contributed by atoms with Crippen LogP contribution in [0.1, 0.15) is 13.8 Å². The highest BCUT2D eigenvalue weighted by molar-refractivity contribution is 7.80. The SMILES string of the molecule is CC(C)(C(=O)Nc1cc(Cl)ccc1Cl)C(N)=S. The van der Waals surface area contributed by atoms with Gasteiger partial charge in [0.05, 0.1) is 21.1 Å². The molecule has 0 aliphatic carbocycles. The van der Waals surface area contributed by atoms with Crippen molar-refractivity contribution in [3.63, 3.8) is 0 Å². The molecule has 1 aromatic rings. The fraction of sp³-hybridized carbons (Fsp3) is 0.273. The van der Waals surface area contributed by atoms with Gasteiger partial charge in [0.25, 0.3) is 0 Å². The van der Waals surface area contributed by atoms with Gasteiger partial charge in [0, 0.05) is 5.02 Å². The summed E-state index contributed by atoms with van der Waals surface area (Å²) in [4.78, 5) is 12.1. The van der Waals surface area contributed by atoms with E-state index in [0.717, 1.165) is 0 Å². The van der Waals surface area contributed by atoms with Crippen LogP contribution in [0, 0.1) is 5.41 Å². The van der Waals surface area contributed by atoms with Gasteiger partial charge in [-0.05, 0) is 32.0 Å². The van der Waals surface area contributed by atoms with E-state index >= 15 is 0 Å². The average Bonchev–Trinajstić information content (AvgIpc) is 2.23. The molecule has 0 heterocycles. The molecule has 0 radical (unpaired) electrons. The molecular weight excluding hydrogens is 279 g/mol. The quantitative estimate of drug-likeness (QED) is 0.841. The van der Waals surface area contributed by atoms with Crippen LogP contribution in [0.2, 0.25) is 10.0 Å². The number of carbonyl (C=O) groups excluding carboxylic acids is 1. The number of amides is 1. The van der Waals surface area contributed by atoms with Crippen molar-refractivity contribution in [2.75, 3.05) is 5.32 Å². The van der Waals surface area contributed by atoms with E-state index in [-0.39, 0.29) is 10.9 Å². The van der Waals surface area contributed by atoms with E-state index in [1.54, 1.807) is 32.0 Å². The van der Waals surface area contributed by atoms with E-state index in [0.29, 0.717) is 15.7 Å². The molecule has 0 aliphatic rings. The number of benzene rings is 1. The number of nitrogens with one attached hydrogen (secondary N) is 1. The zero-order chi connectivity index (χ0) is 13.2. The molecule has 0 fully saturated rings. The molecule has 0 atom stereocenters. The first-order valence-corrected chi connectivity index (χ1v) is 5.98. The van der Waals surface area contributed by atoms with E-state index in [1.165, 1.54) is 0 Å². The van der Waals surface area contributed by atoms with Crippen LogP contribution in [0.5, 0.6) is 0 Å². The number of carbonyl (C=O) groups is 1. The van der Waals surface area contributed by atoms with Gasteiger partial charge in [-0.1, -0.05) is 35.4 Å². The fourth-order valence-electron chi connectivity index (χ4n) is 0.984. The number of rotatable bonds is 3. The third-order valence-corrected chi connectivity index (χ3v) is 3.44. The van der Waals surface area contributed by atoms with Gasteiger partial charge in [-0.3, -0.25) is 4.79 Å². The van der Waals surface area contributed by atoms with Crippen LogP contribution in [0.4, 0.5) is 5.69 Å². The summed E-state index contributed by atoms with van der Waals surface area (Å²) in [6, 6.07) is 4.81. The molecule has 0 aliphatic heterocycles. The van der Waals surface area contributed by atoms with Gasteiger partial charge in [-0.15, -0.1) is 0 Å². The van der Waals surface area contributed by atoms with Crippen LogP contribution < -0.4 is 11.1 Å². The number of anilines is 1. The Hall–Kier alpha value is -0.840. The molecule has 6 heteroatoms. The van der Waals surface area contributed by atoms with Crippen molar-refractivity contribution in [2.24, 2.45) is 11.1 Å². The minimum Gasteiger partial charge on any atom is -0.392 e. The van der Waals surface area contributed by atoms with Gasteiger partial charge in [0.15, 0.2) is 0 Å². The first-order valence-electron chi connectivity index (χ1n) is 4.81. The Kier molecular flexibility index (Phi) is 4.36. The molecular formula is C11H12Cl2N2OS. The van der Waals surface area contributed by atoms with Crippen LogP contribution in [0.3, 0.4) is 0 Å². The van der Waals surface area contributed by atoms with Gasteiger partial charge in [-0.25, -0.2) is 0 Å². The van der Waals surface area contributed by atoms with Crippen LogP contribution in [-0.4, -0.2) is 10.9 Å². The van der Waals surface area contributed by atoms with Crippen molar-refractivity contribution in [3.8, 4) is 0 Å². The van der Waals surface area contributed by atoms with Crippen molar-refractivity contribution in [1.82, 2.24) is 0 Å². The summed E-state index contributed by atoms with van der Waals surface area (Å²) in [5.41, 5.74) is 5.00. The summed E-state index contributed by atoms with van der Waals surface area (Å²) >= 11 is 16.6. The largest absolute Gasteiger partial charge is 0.392 e. The summed E-state index contributed by atoms with van der Waals surface area (Å²) in [7, 11) is 0. The molecule has 3 nitrogen and oxygen atoms in total. The smallest absolute Gasteiger partial charge is 0.236 e. The van der Waals surface area contributed by atoms with E-state index in [2.05, 4.69) is 5.32 Å². The lowest BCUT2D eigenvalue weighted by atomic mass is 9.92. The Bertz CT molecular complexity index is 475. The monoisotopic (exact) mass is 290 g/mol. The predicted octanol–water partition coefficient (Wildman–Crippen LogP) is 3.24. The lowest BCUT2D eigenvalue weighted by Gasteiger charge is -2.22. The Morgan fingerprint density at radius 2 is 2.00 bits per heavy atom. The Morgan fingerprint density at radius 3 is 2.53 bits per heavy atom. The van der Waals surface area contributed by atoms with Gasteiger partial charge in [-0.2, -0.15) is 0 Å². The van der Waals surface area contributed by atoms with Crippen molar-refractivity contribution >= 4 is 52.0 Å². The lowest BCUT2D eigenvalue weighted by molar-refractivity contribution is -0.121. The minimum atomic E-state index is -0.943. The molecule has 1 rings (SSSR count). The maximum atomic E-state index is 12.0. The molecule has 92 valence electrons. The van der Waals surface area contributed by atoms with Crippen molar-refractivity contribution in [1.29, 1.82) is 0 Å². The minimum absolute atomic E-state index is 0.119. The van der Waals surface area contributed by atoms with Gasteiger partial charge in [0.1, 0.15) is 0 Å². The second kappa shape index (κ2) is 5.21. The molecule has 17 heavy (non-hydrogen) atoms. The van der Waals surface area contributed by atoms with Gasteiger partial charge in [0.2, 0.25) is 5.91 Å². The van der Waals surface area contributed by atoms with Crippen LogP contribution in [-0.2, 0) is 4.79 Å². The number of halogens is 2. The van der Waals surface area contributed by atoms with E-state index in [1.807, 2.05) is 0 Å². The Labute approximate surface area is 115 Å². The average molecular weight is 291 g/mol. The normalized spacial score (nSPS) is 11.1. The highest BCUT2D eigenvalue weighted by atomic mass is 35.5. The van der Waals surface area contributed by atoms with E-state index in [4.69, 9.17) is 41.2 Å². The standard InChI is InChI=1S/C11H12Cl2N2OS/c1-11(2,9(14)17)10(16)15-8-5-6(12)3-4-7(8)13/h3-5H,1-2H3,(H2,14,17)(H,15,16).